The third-order valence-corrected chi connectivity index (χ3v) is 7.08. The maximum absolute atomic E-state index is 13.1. The molecule has 0 unspecified atom stereocenters. The number of carbonyl (C=O) groups excluding carboxylic acids is 1. The Morgan fingerprint density at radius 3 is 2.47 bits per heavy atom. The molecule has 0 N–H and O–H groups in total. The van der Waals surface area contributed by atoms with E-state index in [0.717, 1.165) is 4.88 Å². The predicted molar refractivity (Wildman–Crippen MR) is 112 cm³/mol. The van der Waals surface area contributed by atoms with E-state index in [2.05, 4.69) is 0 Å². The second-order valence-electron chi connectivity index (χ2n) is 6.40. The highest BCUT2D eigenvalue weighted by Crippen LogP contribution is 2.26. The Kier molecular flexibility index (Phi) is 5.80. The van der Waals surface area contributed by atoms with Crippen molar-refractivity contribution in [3.8, 4) is 0 Å². The van der Waals surface area contributed by atoms with Crippen molar-refractivity contribution in [3.05, 3.63) is 93.7 Å². The van der Waals surface area contributed by atoms with Gasteiger partial charge in [-0.1, -0.05) is 17.7 Å². The highest BCUT2D eigenvalue weighted by molar-refractivity contribution is 7.91. The molecule has 0 aliphatic rings. The van der Waals surface area contributed by atoms with Gasteiger partial charge in [-0.05, 0) is 60.0 Å². The minimum Gasteiger partial charge on any atom is -0.467 e. The third kappa shape index (κ3) is 4.35. The average molecular weight is 462 g/mol. The third-order valence-electron chi connectivity index (χ3n) is 4.32. The summed E-state index contributed by atoms with van der Waals surface area (Å²) in [6.45, 7) is 0.570. The van der Waals surface area contributed by atoms with Crippen LogP contribution in [0.3, 0.4) is 0 Å². The monoisotopic (exact) mass is 461 g/mol. The molecule has 3 aromatic heterocycles. The number of hydrogen-bond donors (Lipinski definition) is 0. The summed E-state index contributed by atoms with van der Waals surface area (Å²) in [4.78, 5) is 15.7. The molecule has 1 aromatic carbocycles. The molecule has 0 radical (unpaired) electrons. The Hall–Kier alpha value is -2.81. The molecule has 6 nitrogen and oxygen atoms in total. The van der Waals surface area contributed by atoms with Crippen molar-refractivity contribution in [2.24, 2.45) is 0 Å². The summed E-state index contributed by atoms with van der Waals surface area (Å²) in [5.74, 6) is 0.114. The van der Waals surface area contributed by atoms with Gasteiger partial charge in [0.25, 0.3) is 5.91 Å². The lowest BCUT2D eigenvalue weighted by molar-refractivity contribution is 0.0681. The fourth-order valence-electron chi connectivity index (χ4n) is 2.85. The lowest BCUT2D eigenvalue weighted by atomic mass is 10.3. The number of nitrogens with zero attached hydrogens (tertiary/aromatic N) is 1. The maximum Gasteiger partial charge on any atom is 0.290 e. The minimum atomic E-state index is -3.91. The van der Waals surface area contributed by atoms with Crippen LogP contribution in [0.4, 0.5) is 0 Å². The maximum atomic E-state index is 13.1. The van der Waals surface area contributed by atoms with Crippen LogP contribution < -0.4 is 0 Å². The molecular weight excluding hydrogens is 446 g/mol. The molecule has 4 rings (SSSR count). The zero-order chi connectivity index (χ0) is 21.1. The van der Waals surface area contributed by atoms with E-state index in [1.807, 2.05) is 17.5 Å². The first-order chi connectivity index (χ1) is 14.4. The summed E-state index contributed by atoms with van der Waals surface area (Å²) in [5.41, 5.74) is 0. The van der Waals surface area contributed by atoms with Crippen molar-refractivity contribution in [2.75, 3.05) is 0 Å². The molecular formula is C21H16ClNO5S2. The van der Waals surface area contributed by atoms with Crippen molar-refractivity contribution < 1.29 is 22.0 Å². The molecule has 154 valence electrons. The largest absolute Gasteiger partial charge is 0.467 e. The molecule has 30 heavy (non-hydrogen) atoms. The quantitative estimate of drug-likeness (QED) is 0.375. The van der Waals surface area contributed by atoms with Gasteiger partial charge in [0.15, 0.2) is 5.76 Å². The number of thiophene rings is 1. The first kappa shape index (κ1) is 20.5. The number of benzene rings is 1. The van der Waals surface area contributed by atoms with Crippen LogP contribution in [0.5, 0.6) is 0 Å². The van der Waals surface area contributed by atoms with E-state index in [1.165, 1.54) is 54.0 Å². The summed E-state index contributed by atoms with van der Waals surface area (Å²) in [7, 11) is -3.91. The van der Waals surface area contributed by atoms with Crippen LogP contribution in [0.2, 0.25) is 5.02 Å². The summed E-state index contributed by atoms with van der Waals surface area (Å²) < 4.78 is 36.4. The zero-order valence-corrected chi connectivity index (χ0v) is 17.9. The van der Waals surface area contributed by atoms with E-state index in [4.69, 9.17) is 20.4 Å². The molecule has 0 saturated carbocycles. The summed E-state index contributed by atoms with van der Waals surface area (Å²) >= 11 is 7.35. The van der Waals surface area contributed by atoms with Crippen molar-refractivity contribution in [2.45, 2.75) is 23.1 Å². The van der Waals surface area contributed by atoms with Crippen molar-refractivity contribution in [3.63, 3.8) is 0 Å². The van der Waals surface area contributed by atoms with Crippen LogP contribution in [0.25, 0.3) is 0 Å². The van der Waals surface area contributed by atoms with Gasteiger partial charge in [-0.3, -0.25) is 4.79 Å². The molecule has 0 spiro atoms. The molecule has 1 amide bonds. The topological polar surface area (TPSA) is 80.7 Å². The minimum absolute atomic E-state index is 0.0336. The van der Waals surface area contributed by atoms with E-state index >= 15 is 0 Å². The van der Waals surface area contributed by atoms with E-state index in [-0.39, 0.29) is 22.3 Å². The van der Waals surface area contributed by atoms with Crippen molar-refractivity contribution in [1.82, 2.24) is 4.90 Å². The van der Waals surface area contributed by atoms with Gasteiger partial charge < -0.3 is 13.7 Å². The van der Waals surface area contributed by atoms with Gasteiger partial charge in [0.1, 0.15) is 5.76 Å². The van der Waals surface area contributed by atoms with Crippen molar-refractivity contribution in [1.29, 1.82) is 0 Å². The predicted octanol–water partition coefficient (Wildman–Crippen LogP) is 5.26. The normalized spacial score (nSPS) is 11.5. The van der Waals surface area contributed by atoms with Gasteiger partial charge in [-0.25, -0.2) is 8.42 Å². The molecule has 0 saturated heterocycles. The molecule has 3 heterocycles. The highest BCUT2D eigenvalue weighted by atomic mass is 35.5. The van der Waals surface area contributed by atoms with Gasteiger partial charge in [0, 0.05) is 9.90 Å². The number of amides is 1. The molecule has 0 aliphatic carbocycles. The Morgan fingerprint density at radius 1 is 1.00 bits per heavy atom. The smallest absolute Gasteiger partial charge is 0.290 e. The molecule has 4 aromatic rings. The fourth-order valence-corrected chi connectivity index (χ4v) is 4.86. The van der Waals surface area contributed by atoms with Crippen molar-refractivity contribution >= 4 is 38.7 Å². The first-order valence-electron chi connectivity index (χ1n) is 8.88. The molecule has 9 heteroatoms. The molecule has 0 aliphatic heterocycles. The van der Waals surface area contributed by atoms with Crippen LogP contribution in [0.15, 0.2) is 91.1 Å². The standard InChI is InChI=1S/C21H16ClNO5S2/c22-15-5-7-18(8-6-15)30(25,26)20-10-9-19(28-20)21(24)23(13-16-3-1-11-27-16)14-17-4-2-12-29-17/h1-12H,13-14H2. The van der Waals surface area contributed by atoms with E-state index < -0.39 is 15.7 Å². The van der Waals surface area contributed by atoms with Crippen LogP contribution in [-0.4, -0.2) is 19.2 Å². The first-order valence-corrected chi connectivity index (χ1v) is 11.6. The number of rotatable bonds is 7. The number of sulfone groups is 1. The number of halogens is 1. The van der Waals surface area contributed by atoms with Crippen LogP contribution in [0.1, 0.15) is 21.2 Å². The summed E-state index contributed by atoms with van der Waals surface area (Å²) in [5, 5.41) is 2.04. The van der Waals surface area contributed by atoms with Crippen LogP contribution >= 0.6 is 22.9 Å². The highest BCUT2D eigenvalue weighted by Gasteiger charge is 2.26. The van der Waals surface area contributed by atoms with E-state index in [1.54, 1.807) is 17.0 Å². The van der Waals surface area contributed by atoms with E-state index in [0.29, 0.717) is 17.3 Å². The second kappa shape index (κ2) is 8.51. The lowest BCUT2D eigenvalue weighted by Gasteiger charge is -2.19. The van der Waals surface area contributed by atoms with Gasteiger partial charge in [-0.15, -0.1) is 11.3 Å². The summed E-state index contributed by atoms with van der Waals surface area (Å²) in [6.07, 6.45) is 1.53. The Labute approximate surface area is 182 Å². The number of carbonyl (C=O) groups is 1. The average Bonchev–Trinajstić information content (AvgIpc) is 3.50. The van der Waals surface area contributed by atoms with Gasteiger partial charge in [0.05, 0.1) is 24.2 Å². The Balaban J connectivity index is 1.61. The van der Waals surface area contributed by atoms with Gasteiger partial charge in [0.2, 0.25) is 14.9 Å². The molecule has 0 fully saturated rings. The summed E-state index contributed by atoms with van der Waals surface area (Å²) in [6, 6.07) is 15.7. The fraction of sp³-hybridized carbons (Fsp3) is 0.0952. The van der Waals surface area contributed by atoms with Gasteiger partial charge >= 0.3 is 0 Å². The van der Waals surface area contributed by atoms with Gasteiger partial charge in [-0.2, -0.15) is 0 Å². The number of hydrogen-bond acceptors (Lipinski definition) is 6. The Morgan fingerprint density at radius 2 is 1.80 bits per heavy atom. The van der Waals surface area contributed by atoms with E-state index in [9.17, 15) is 13.2 Å². The molecule has 0 bridgehead atoms. The Bertz CT molecular complexity index is 1190. The SMILES string of the molecule is O=C(c1ccc(S(=O)(=O)c2ccc(Cl)cc2)o1)N(Cc1ccco1)Cc1cccs1. The zero-order valence-electron chi connectivity index (χ0n) is 15.5. The van der Waals surface area contributed by atoms with Crippen LogP contribution in [-0.2, 0) is 22.9 Å². The van der Waals surface area contributed by atoms with Crippen LogP contribution in [0, 0.1) is 0 Å². The lowest BCUT2D eigenvalue weighted by Crippen LogP contribution is -2.29. The molecule has 0 atom stereocenters. The number of furan rings is 2. The second-order valence-corrected chi connectivity index (χ2v) is 9.75.